The summed E-state index contributed by atoms with van der Waals surface area (Å²) >= 11 is 14.2. The van der Waals surface area contributed by atoms with E-state index in [2.05, 4.69) is 69.8 Å². The summed E-state index contributed by atoms with van der Waals surface area (Å²) in [5, 5.41) is 9.65. The van der Waals surface area contributed by atoms with Gasteiger partial charge in [0.05, 0.1) is 10.7 Å². The number of carbonyl (C=O) groups excluding carboxylic acids is 1. The van der Waals surface area contributed by atoms with E-state index in [1.165, 1.54) is 0 Å². The number of alkyl halides is 4. The number of halogens is 4. The number of nitrogens with zero attached hydrogens (tertiary/aromatic N) is 1. The van der Waals surface area contributed by atoms with Crippen LogP contribution in [0.1, 0.15) is 25.5 Å². The molecule has 0 unspecified atom stereocenters. The first kappa shape index (κ1) is 23.8. The molecule has 0 heterocycles. The van der Waals surface area contributed by atoms with Crippen molar-refractivity contribution < 1.29 is 14.3 Å². The minimum atomic E-state index is -1.01. The minimum absolute atomic E-state index is 0.0233. The number of benzene rings is 2. The molecular weight excluding hydrogens is 646 g/mol. The van der Waals surface area contributed by atoms with Gasteiger partial charge in [-0.15, -0.1) is 0 Å². The van der Waals surface area contributed by atoms with Crippen LogP contribution in [0.4, 0.5) is 0 Å². The molecule has 8 heteroatoms. The van der Waals surface area contributed by atoms with Crippen molar-refractivity contribution in [1.29, 1.82) is 5.26 Å². The lowest BCUT2D eigenvalue weighted by atomic mass is 10.1. The number of carbonyl (C=O) groups is 1. The van der Waals surface area contributed by atoms with E-state index in [-0.39, 0.29) is 28.0 Å². The van der Waals surface area contributed by atoms with Crippen LogP contribution in [-0.2, 0) is 9.53 Å². The maximum absolute atomic E-state index is 12.9. The number of ether oxygens (including phenoxy) is 2. The van der Waals surface area contributed by atoms with Gasteiger partial charge in [-0.25, -0.2) is 0 Å². The van der Waals surface area contributed by atoms with Crippen LogP contribution in [0.2, 0.25) is 0 Å². The number of nitriles is 1. The second-order valence-corrected chi connectivity index (χ2v) is 15.6. The Morgan fingerprint density at radius 3 is 2.33 bits per heavy atom. The minimum Gasteiger partial charge on any atom is -0.457 e. The Kier molecular flexibility index (Phi) is 7.38. The largest absolute Gasteiger partial charge is 0.457 e. The number of hydrogen-bond donors (Lipinski definition) is 0. The zero-order valence-electron chi connectivity index (χ0n) is 16.2. The predicted octanol–water partition coefficient (Wildman–Crippen LogP) is 7.46. The Balaban J connectivity index is 1.72. The molecule has 0 aliphatic heterocycles. The number of hydrogen-bond acceptors (Lipinski definition) is 4. The lowest BCUT2D eigenvalue weighted by molar-refractivity contribution is -0.149. The van der Waals surface area contributed by atoms with Crippen LogP contribution in [0, 0.1) is 28.6 Å². The zero-order chi connectivity index (χ0) is 22.1. The second kappa shape index (κ2) is 9.32. The van der Waals surface area contributed by atoms with Gasteiger partial charge in [0.1, 0.15) is 19.7 Å². The average molecular weight is 665 g/mol. The van der Waals surface area contributed by atoms with E-state index >= 15 is 0 Å². The highest BCUT2D eigenvalue weighted by Gasteiger charge is 2.67. The molecule has 0 spiro atoms. The van der Waals surface area contributed by atoms with Crippen molar-refractivity contribution in [3.8, 4) is 17.6 Å². The van der Waals surface area contributed by atoms with Crippen molar-refractivity contribution in [3.05, 3.63) is 60.2 Å². The quantitative estimate of drug-likeness (QED) is 0.238. The molecule has 0 saturated heterocycles. The molecular formula is C22H19Br4NO3. The predicted molar refractivity (Wildman–Crippen MR) is 130 cm³/mol. The molecule has 4 nitrogen and oxygen atoms in total. The monoisotopic (exact) mass is 661 g/mol. The van der Waals surface area contributed by atoms with Crippen LogP contribution in [0.15, 0.2) is 54.6 Å². The standard InChI is InChI=1S/C22H19Br4NO3/c1-21(2)17(19(23)22(24,25)26)18(21)20(28)30-16(12-27)13-7-6-10-15(11-13)29-14-8-4-3-5-9-14/h3-11,16-19H,1-2H3/t16-,17-,18+,19-/m0/s1. The fourth-order valence-electron chi connectivity index (χ4n) is 3.60. The van der Waals surface area contributed by atoms with Gasteiger partial charge in [0.15, 0.2) is 0 Å². The van der Waals surface area contributed by atoms with Gasteiger partial charge in [-0.05, 0) is 35.6 Å². The summed E-state index contributed by atoms with van der Waals surface area (Å²) in [6.07, 6.45) is -1.01. The highest BCUT2D eigenvalue weighted by atomic mass is 80.0. The summed E-state index contributed by atoms with van der Waals surface area (Å²) in [5.41, 5.74) is 0.310. The van der Waals surface area contributed by atoms with Crippen LogP contribution in [-0.4, -0.2) is 12.9 Å². The molecule has 1 aliphatic carbocycles. The molecule has 1 aliphatic rings. The van der Waals surface area contributed by atoms with Crippen LogP contribution >= 0.6 is 63.7 Å². The van der Waals surface area contributed by atoms with Gasteiger partial charge in [0.2, 0.25) is 6.10 Å². The van der Waals surface area contributed by atoms with Gasteiger partial charge in [-0.1, -0.05) is 108 Å². The van der Waals surface area contributed by atoms with Crippen molar-refractivity contribution in [2.24, 2.45) is 17.3 Å². The molecule has 0 bridgehead atoms. The summed E-state index contributed by atoms with van der Waals surface area (Å²) in [4.78, 5) is 12.8. The molecule has 1 saturated carbocycles. The molecule has 0 N–H and O–H groups in total. The molecule has 2 aromatic carbocycles. The van der Waals surface area contributed by atoms with Crippen LogP contribution in [0.5, 0.6) is 11.5 Å². The molecule has 30 heavy (non-hydrogen) atoms. The SMILES string of the molecule is CC1(C)[C@H]([C@H](Br)C(Br)(Br)Br)[C@@H]1C(=O)O[C@@H](C#N)c1cccc(Oc2ccccc2)c1. The molecule has 0 amide bonds. The van der Waals surface area contributed by atoms with Crippen molar-refractivity contribution in [2.75, 3.05) is 0 Å². The zero-order valence-corrected chi connectivity index (χ0v) is 22.5. The third-order valence-corrected chi connectivity index (χ3v) is 9.86. The summed E-state index contributed by atoms with van der Waals surface area (Å²) in [6, 6.07) is 18.5. The number of para-hydroxylation sites is 1. The second-order valence-electron chi connectivity index (χ2n) is 7.70. The van der Waals surface area contributed by atoms with Crippen molar-refractivity contribution in [1.82, 2.24) is 0 Å². The number of rotatable bonds is 6. The maximum Gasteiger partial charge on any atom is 0.311 e. The Labute approximate surface area is 209 Å². The van der Waals surface area contributed by atoms with Gasteiger partial charge in [0, 0.05) is 5.56 Å². The average Bonchev–Trinajstić information content (AvgIpc) is 3.27. The van der Waals surface area contributed by atoms with E-state index in [1.54, 1.807) is 24.3 Å². The highest BCUT2D eigenvalue weighted by Crippen LogP contribution is 2.66. The third-order valence-electron chi connectivity index (χ3n) is 5.28. The Morgan fingerprint density at radius 1 is 1.10 bits per heavy atom. The van der Waals surface area contributed by atoms with Gasteiger partial charge < -0.3 is 9.47 Å². The maximum atomic E-state index is 12.9. The van der Waals surface area contributed by atoms with Gasteiger partial charge >= 0.3 is 5.97 Å². The van der Waals surface area contributed by atoms with E-state index in [4.69, 9.17) is 9.47 Å². The Morgan fingerprint density at radius 2 is 1.73 bits per heavy atom. The van der Waals surface area contributed by atoms with E-state index in [1.807, 2.05) is 44.2 Å². The van der Waals surface area contributed by atoms with Crippen molar-refractivity contribution in [3.63, 3.8) is 0 Å². The van der Waals surface area contributed by atoms with E-state index < -0.39 is 8.25 Å². The molecule has 0 aromatic heterocycles. The van der Waals surface area contributed by atoms with Crippen molar-refractivity contribution in [2.45, 2.75) is 26.9 Å². The molecule has 0 radical (unpaired) electrons. The van der Waals surface area contributed by atoms with Crippen LogP contribution in [0.25, 0.3) is 0 Å². The first-order valence-corrected chi connectivity index (χ1v) is 12.5. The topological polar surface area (TPSA) is 59.3 Å². The molecule has 1 fully saturated rings. The highest BCUT2D eigenvalue weighted by molar-refractivity contribution is 9.40. The molecule has 3 rings (SSSR count). The summed E-state index contributed by atoms with van der Waals surface area (Å²) in [7, 11) is 0. The first-order chi connectivity index (χ1) is 14.1. The van der Waals surface area contributed by atoms with E-state index in [0.717, 1.165) is 0 Å². The molecule has 158 valence electrons. The first-order valence-electron chi connectivity index (χ1n) is 9.19. The van der Waals surface area contributed by atoms with Gasteiger partial charge in [-0.2, -0.15) is 5.26 Å². The normalized spacial score (nSPS) is 21.8. The summed E-state index contributed by atoms with van der Waals surface area (Å²) in [6.45, 7) is 4.04. The van der Waals surface area contributed by atoms with Crippen LogP contribution < -0.4 is 4.74 Å². The van der Waals surface area contributed by atoms with E-state index in [0.29, 0.717) is 17.1 Å². The lowest BCUT2D eigenvalue weighted by Gasteiger charge is -2.21. The Hall–Kier alpha value is -0.880. The van der Waals surface area contributed by atoms with Gasteiger partial charge in [-0.3, -0.25) is 4.79 Å². The van der Waals surface area contributed by atoms with Gasteiger partial charge in [0.25, 0.3) is 0 Å². The fraction of sp³-hybridized carbons (Fsp3) is 0.364. The molecule has 4 atom stereocenters. The third kappa shape index (κ3) is 5.29. The van der Waals surface area contributed by atoms with E-state index in [9.17, 15) is 10.1 Å². The number of esters is 1. The smallest absolute Gasteiger partial charge is 0.311 e. The van der Waals surface area contributed by atoms with Crippen molar-refractivity contribution >= 4 is 69.7 Å². The molecule has 2 aromatic rings. The van der Waals surface area contributed by atoms with Crippen LogP contribution in [0.3, 0.4) is 0 Å². The summed E-state index contributed by atoms with van der Waals surface area (Å²) < 4.78 is 10.9. The fourth-order valence-corrected chi connectivity index (χ4v) is 5.44. The summed E-state index contributed by atoms with van der Waals surface area (Å²) in [5.74, 6) is 0.576. The lowest BCUT2D eigenvalue weighted by Crippen LogP contribution is -2.23. The Bertz CT molecular complexity index is 953.